The van der Waals surface area contributed by atoms with E-state index in [4.69, 9.17) is 0 Å². The number of nitrogens with zero attached hydrogens (tertiary/aromatic N) is 1. The third kappa shape index (κ3) is 5.42. The van der Waals surface area contributed by atoms with Crippen LogP contribution in [0.2, 0.25) is 0 Å². The molecule has 1 amide bonds. The fraction of sp³-hybridized carbons (Fsp3) is 0.409. The fourth-order valence-corrected chi connectivity index (χ4v) is 5.55. The smallest absolute Gasteiger partial charge is 0.251 e. The van der Waals surface area contributed by atoms with E-state index in [0.29, 0.717) is 43.5 Å². The zero-order chi connectivity index (χ0) is 21.0. The Morgan fingerprint density at radius 2 is 1.76 bits per heavy atom. The number of nitrogens with one attached hydrogen (secondary N) is 1. The second-order valence-corrected chi connectivity index (χ2v) is 9.87. The average Bonchev–Trinajstić information content (AvgIpc) is 2.69. The van der Waals surface area contributed by atoms with E-state index >= 15 is 0 Å². The third-order valence-corrected chi connectivity index (χ3v) is 7.01. The van der Waals surface area contributed by atoms with Gasteiger partial charge in [0.1, 0.15) is 5.82 Å². The summed E-state index contributed by atoms with van der Waals surface area (Å²) in [5.41, 5.74) is 1.22. The predicted octanol–water partition coefficient (Wildman–Crippen LogP) is 3.46. The van der Waals surface area contributed by atoms with Crippen molar-refractivity contribution in [2.24, 2.45) is 11.8 Å². The molecule has 2 atom stereocenters. The molecule has 0 bridgehead atoms. The molecule has 0 aromatic heterocycles. The summed E-state index contributed by atoms with van der Waals surface area (Å²) in [4.78, 5) is 12.6. The largest absolute Gasteiger partial charge is 0.352 e. The average molecular weight is 419 g/mol. The van der Waals surface area contributed by atoms with Crippen LogP contribution in [0.15, 0.2) is 53.4 Å². The van der Waals surface area contributed by atoms with Gasteiger partial charge in [0.15, 0.2) is 0 Å². The molecule has 1 N–H and O–H groups in total. The molecule has 0 radical (unpaired) electrons. The molecule has 2 unspecified atom stereocenters. The van der Waals surface area contributed by atoms with Crippen LogP contribution < -0.4 is 5.32 Å². The van der Waals surface area contributed by atoms with Gasteiger partial charge in [-0.1, -0.05) is 32.0 Å². The van der Waals surface area contributed by atoms with Gasteiger partial charge in [-0.2, -0.15) is 4.31 Å². The summed E-state index contributed by atoms with van der Waals surface area (Å²) < 4.78 is 40.6. The molecule has 5 nitrogen and oxygen atoms in total. The number of rotatable bonds is 6. The van der Waals surface area contributed by atoms with Crippen molar-refractivity contribution in [3.63, 3.8) is 0 Å². The maximum atomic E-state index is 13.0. The van der Waals surface area contributed by atoms with Gasteiger partial charge in [-0.3, -0.25) is 4.79 Å². The Kier molecular flexibility index (Phi) is 6.70. The molecule has 0 saturated carbocycles. The number of carbonyl (C=O) groups excluding carboxylic acids is 1. The summed E-state index contributed by atoms with van der Waals surface area (Å²) in [5, 5.41) is 2.79. The lowest BCUT2D eigenvalue weighted by atomic mass is 9.94. The van der Waals surface area contributed by atoms with Gasteiger partial charge in [0.05, 0.1) is 4.90 Å². The first-order valence-corrected chi connectivity index (χ1v) is 11.3. The van der Waals surface area contributed by atoms with Crippen LogP contribution in [0.3, 0.4) is 0 Å². The molecular formula is C22H27FN2O3S. The van der Waals surface area contributed by atoms with Crippen molar-refractivity contribution >= 4 is 15.9 Å². The van der Waals surface area contributed by atoms with Crippen LogP contribution in [-0.2, 0) is 16.4 Å². The van der Waals surface area contributed by atoms with E-state index in [0.717, 1.165) is 12.0 Å². The van der Waals surface area contributed by atoms with E-state index in [1.165, 1.54) is 28.6 Å². The number of hydrogen-bond acceptors (Lipinski definition) is 3. The molecular weight excluding hydrogens is 391 g/mol. The fourth-order valence-electron chi connectivity index (χ4n) is 3.82. The maximum absolute atomic E-state index is 13.0. The van der Waals surface area contributed by atoms with Crippen molar-refractivity contribution in [3.05, 3.63) is 65.5 Å². The predicted molar refractivity (Wildman–Crippen MR) is 111 cm³/mol. The quantitative estimate of drug-likeness (QED) is 0.781. The van der Waals surface area contributed by atoms with E-state index in [1.807, 2.05) is 0 Å². The molecule has 3 rings (SSSR count). The Hall–Kier alpha value is -2.25. The third-order valence-electron chi connectivity index (χ3n) is 5.18. The van der Waals surface area contributed by atoms with E-state index in [-0.39, 0.29) is 16.6 Å². The highest BCUT2D eigenvalue weighted by atomic mass is 32.2. The summed E-state index contributed by atoms with van der Waals surface area (Å²) in [5.74, 6) is -0.00391. The summed E-state index contributed by atoms with van der Waals surface area (Å²) in [6.45, 7) is 5.50. The van der Waals surface area contributed by atoms with Gasteiger partial charge in [0.25, 0.3) is 5.91 Å². The second-order valence-electron chi connectivity index (χ2n) is 7.93. The molecule has 2 aromatic rings. The molecule has 156 valence electrons. The number of carbonyl (C=O) groups is 1. The van der Waals surface area contributed by atoms with Gasteiger partial charge < -0.3 is 5.32 Å². The van der Waals surface area contributed by atoms with Gasteiger partial charge in [-0.05, 0) is 60.6 Å². The Morgan fingerprint density at radius 1 is 1.10 bits per heavy atom. The molecule has 0 aliphatic carbocycles. The van der Waals surface area contributed by atoms with Crippen molar-refractivity contribution in [1.82, 2.24) is 9.62 Å². The van der Waals surface area contributed by atoms with Crippen LogP contribution >= 0.6 is 0 Å². The maximum Gasteiger partial charge on any atom is 0.251 e. The normalized spacial score (nSPS) is 20.4. The highest BCUT2D eigenvalue weighted by molar-refractivity contribution is 7.89. The van der Waals surface area contributed by atoms with Crippen molar-refractivity contribution in [1.29, 1.82) is 0 Å². The van der Waals surface area contributed by atoms with E-state index in [1.54, 1.807) is 24.3 Å². The number of amides is 1. The van der Waals surface area contributed by atoms with E-state index in [2.05, 4.69) is 19.2 Å². The van der Waals surface area contributed by atoms with Crippen molar-refractivity contribution in [2.45, 2.75) is 31.6 Å². The molecule has 2 aromatic carbocycles. The molecule has 1 heterocycles. The zero-order valence-electron chi connectivity index (χ0n) is 16.8. The minimum Gasteiger partial charge on any atom is -0.352 e. The Balaban J connectivity index is 1.66. The number of hydrogen-bond donors (Lipinski definition) is 1. The zero-order valence-corrected chi connectivity index (χ0v) is 17.6. The van der Waals surface area contributed by atoms with Gasteiger partial charge in [0, 0.05) is 25.2 Å². The van der Waals surface area contributed by atoms with Crippen LogP contribution in [0.25, 0.3) is 0 Å². The van der Waals surface area contributed by atoms with E-state index in [9.17, 15) is 17.6 Å². The van der Waals surface area contributed by atoms with Gasteiger partial charge in [-0.25, -0.2) is 12.8 Å². The number of halogens is 1. The molecule has 1 saturated heterocycles. The standard InChI is InChI=1S/C22H27FN2O3S/c1-16-12-17(2)15-25(14-16)29(27,28)21-5-3-4-19(13-21)22(26)24-11-10-18-6-8-20(23)9-7-18/h3-9,13,16-17H,10-12,14-15H2,1-2H3,(H,24,26). The van der Waals surface area contributed by atoms with Crippen LogP contribution in [0, 0.1) is 17.7 Å². The monoisotopic (exact) mass is 418 g/mol. The Labute approximate surface area is 172 Å². The topological polar surface area (TPSA) is 66.5 Å². The van der Waals surface area contributed by atoms with Crippen molar-refractivity contribution in [2.75, 3.05) is 19.6 Å². The number of benzene rings is 2. The molecule has 29 heavy (non-hydrogen) atoms. The molecule has 0 spiro atoms. The Morgan fingerprint density at radius 3 is 2.41 bits per heavy atom. The van der Waals surface area contributed by atoms with Gasteiger partial charge >= 0.3 is 0 Å². The summed E-state index contributed by atoms with van der Waals surface area (Å²) in [7, 11) is -3.63. The first kappa shape index (κ1) is 21.5. The van der Waals surface area contributed by atoms with Crippen molar-refractivity contribution in [3.8, 4) is 0 Å². The lowest BCUT2D eigenvalue weighted by molar-refractivity contribution is 0.0954. The molecule has 1 fully saturated rings. The summed E-state index contributed by atoms with van der Waals surface area (Å²) in [6, 6.07) is 12.3. The highest BCUT2D eigenvalue weighted by Gasteiger charge is 2.31. The van der Waals surface area contributed by atoms with E-state index < -0.39 is 10.0 Å². The summed E-state index contributed by atoms with van der Waals surface area (Å²) in [6.07, 6.45) is 1.58. The van der Waals surface area contributed by atoms with Crippen LogP contribution in [0.1, 0.15) is 36.2 Å². The summed E-state index contributed by atoms with van der Waals surface area (Å²) >= 11 is 0. The number of piperidine rings is 1. The first-order chi connectivity index (χ1) is 13.8. The lowest BCUT2D eigenvalue weighted by Crippen LogP contribution is -2.42. The minimum absolute atomic E-state index is 0.144. The molecule has 7 heteroatoms. The second kappa shape index (κ2) is 9.05. The lowest BCUT2D eigenvalue weighted by Gasteiger charge is -2.34. The molecule has 1 aliphatic rings. The van der Waals surface area contributed by atoms with Crippen LogP contribution in [0.4, 0.5) is 4.39 Å². The highest BCUT2D eigenvalue weighted by Crippen LogP contribution is 2.27. The van der Waals surface area contributed by atoms with Crippen LogP contribution in [-0.4, -0.2) is 38.3 Å². The SMILES string of the molecule is CC1CC(C)CN(S(=O)(=O)c2cccc(C(=O)NCCc3ccc(F)cc3)c2)C1. The number of sulfonamides is 1. The van der Waals surface area contributed by atoms with Crippen LogP contribution in [0.5, 0.6) is 0 Å². The van der Waals surface area contributed by atoms with Gasteiger partial charge in [0.2, 0.25) is 10.0 Å². The molecule has 1 aliphatic heterocycles. The first-order valence-electron chi connectivity index (χ1n) is 9.88. The van der Waals surface area contributed by atoms with Gasteiger partial charge in [-0.15, -0.1) is 0 Å². The van der Waals surface area contributed by atoms with Crippen molar-refractivity contribution < 1.29 is 17.6 Å². The minimum atomic E-state index is -3.63. The Bertz CT molecular complexity index is 950.